The number of carbonyl (C=O) groups is 1. The van der Waals surface area contributed by atoms with Crippen LogP contribution in [0.5, 0.6) is 0 Å². The van der Waals surface area contributed by atoms with Crippen LogP contribution in [-0.4, -0.2) is 37.7 Å². The van der Waals surface area contributed by atoms with Gasteiger partial charge in [0.15, 0.2) is 0 Å². The summed E-state index contributed by atoms with van der Waals surface area (Å²) in [5, 5.41) is 5.90. The Labute approximate surface area is 86.4 Å². The highest BCUT2D eigenvalue weighted by atomic mass is 16.5. The monoisotopic (exact) mass is 202 g/mol. The summed E-state index contributed by atoms with van der Waals surface area (Å²) in [5.74, 6) is 0.0194. The van der Waals surface area contributed by atoms with Gasteiger partial charge in [-0.25, -0.2) is 0 Å². The lowest BCUT2D eigenvalue weighted by Crippen LogP contribution is -2.42. The van der Waals surface area contributed by atoms with Crippen LogP contribution in [0.2, 0.25) is 0 Å². The molecular formula is C10H22N2O2. The lowest BCUT2D eigenvalue weighted by Gasteiger charge is -2.14. The fourth-order valence-corrected chi connectivity index (χ4v) is 0.959. The molecule has 0 rings (SSSR count). The maximum Gasteiger partial charge on any atom is 0.234 e. The normalized spacial score (nSPS) is 12.9. The third-order valence-corrected chi connectivity index (χ3v) is 1.65. The molecule has 84 valence electrons. The molecule has 0 aliphatic rings. The van der Waals surface area contributed by atoms with Crippen LogP contribution in [-0.2, 0) is 9.53 Å². The highest BCUT2D eigenvalue weighted by molar-refractivity contribution is 5.78. The third kappa shape index (κ3) is 8.01. The van der Waals surface area contributed by atoms with E-state index in [-0.39, 0.29) is 11.9 Å². The molecule has 1 atom stereocenters. The topological polar surface area (TPSA) is 50.4 Å². The van der Waals surface area contributed by atoms with Crippen molar-refractivity contribution in [3.05, 3.63) is 0 Å². The molecule has 0 spiro atoms. The van der Waals surface area contributed by atoms with E-state index in [2.05, 4.69) is 10.6 Å². The summed E-state index contributed by atoms with van der Waals surface area (Å²) in [7, 11) is 0. The van der Waals surface area contributed by atoms with Gasteiger partial charge in [-0.1, -0.05) is 13.8 Å². The summed E-state index contributed by atoms with van der Waals surface area (Å²) in [6, 6.07) is 0.416. The summed E-state index contributed by atoms with van der Waals surface area (Å²) >= 11 is 0. The first-order valence-electron chi connectivity index (χ1n) is 5.16. The predicted molar refractivity (Wildman–Crippen MR) is 57.2 cm³/mol. The van der Waals surface area contributed by atoms with Crippen molar-refractivity contribution in [1.29, 1.82) is 0 Å². The highest BCUT2D eigenvalue weighted by Crippen LogP contribution is 1.84. The van der Waals surface area contributed by atoms with E-state index < -0.39 is 0 Å². The minimum absolute atomic E-state index is 0.0194. The van der Waals surface area contributed by atoms with E-state index in [0.29, 0.717) is 25.8 Å². The Kier molecular flexibility index (Phi) is 7.42. The van der Waals surface area contributed by atoms with Gasteiger partial charge >= 0.3 is 0 Å². The van der Waals surface area contributed by atoms with Crippen LogP contribution in [0.15, 0.2) is 0 Å². The molecule has 0 saturated carbocycles. The Morgan fingerprint density at radius 2 is 2.00 bits per heavy atom. The quantitative estimate of drug-likeness (QED) is 0.633. The number of amides is 1. The molecule has 0 radical (unpaired) electrons. The summed E-state index contributed by atoms with van der Waals surface area (Å²) in [5.41, 5.74) is 0. The van der Waals surface area contributed by atoms with E-state index in [9.17, 15) is 4.79 Å². The molecule has 0 aromatic rings. The van der Waals surface area contributed by atoms with Crippen LogP contribution >= 0.6 is 0 Å². The zero-order valence-corrected chi connectivity index (χ0v) is 9.59. The lowest BCUT2D eigenvalue weighted by atomic mass is 10.3. The third-order valence-electron chi connectivity index (χ3n) is 1.65. The van der Waals surface area contributed by atoms with E-state index in [4.69, 9.17) is 4.74 Å². The zero-order chi connectivity index (χ0) is 11.0. The van der Waals surface area contributed by atoms with Gasteiger partial charge in [0.25, 0.3) is 0 Å². The first-order valence-corrected chi connectivity index (χ1v) is 5.16. The van der Waals surface area contributed by atoms with Gasteiger partial charge in [0.2, 0.25) is 5.91 Å². The molecule has 4 nitrogen and oxygen atoms in total. The summed E-state index contributed by atoms with van der Waals surface area (Å²) < 4.78 is 5.19. The van der Waals surface area contributed by atoms with E-state index in [1.54, 1.807) is 0 Å². The Morgan fingerprint density at radius 1 is 1.36 bits per heavy atom. The van der Waals surface area contributed by atoms with Crippen LogP contribution < -0.4 is 10.6 Å². The van der Waals surface area contributed by atoms with Crippen molar-refractivity contribution in [3.8, 4) is 0 Å². The smallest absolute Gasteiger partial charge is 0.234 e. The molecular weight excluding hydrogens is 180 g/mol. The van der Waals surface area contributed by atoms with Crippen LogP contribution in [0, 0.1) is 0 Å². The largest absolute Gasteiger partial charge is 0.380 e. The maximum atomic E-state index is 11.3. The number of nitrogens with one attached hydrogen (secondary N) is 2. The number of carbonyl (C=O) groups excluding carboxylic acids is 1. The first kappa shape index (κ1) is 13.4. The molecule has 1 amide bonds. The maximum absolute atomic E-state index is 11.3. The molecule has 0 bridgehead atoms. The van der Waals surface area contributed by atoms with Crippen LogP contribution in [0.3, 0.4) is 0 Å². The fraction of sp³-hybridized carbons (Fsp3) is 0.900. The molecule has 0 aliphatic heterocycles. The number of hydrogen-bond acceptors (Lipinski definition) is 3. The molecule has 1 unspecified atom stereocenters. The molecule has 0 fully saturated rings. The van der Waals surface area contributed by atoms with Gasteiger partial charge < -0.3 is 15.4 Å². The molecule has 0 heterocycles. The van der Waals surface area contributed by atoms with Crippen molar-refractivity contribution in [2.75, 3.05) is 19.8 Å². The Balaban J connectivity index is 3.50. The highest BCUT2D eigenvalue weighted by Gasteiger charge is 2.06. The standard InChI is InChI=1S/C10H22N2O2/c1-5-14-7-9(4)12-10(13)6-11-8(2)3/h8-9,11H,5-7H2,1-4H3,(H,12,13). The van der Waals surface area contributed by atoms with E-state index >= 15 is 0 Å². The minimum Gasteiger partial charge on any atom is -0.380 e. The molecule has 4 heteroatoms. The summed E-state index contributed by atoms with van der Waals surface area (Å²) in [6.07, 6.45) is 0. The lowest BCUT2D eigenvalue weighted by molar-refractivity contribution is -0.121. The SMILES string of the molecule is CCOCC(C)NC(=O)CNC(C)C. The van der Waals surface area contributed by atoms with Gasteiger partial charge in [0.05, 0.1) is 13.2 Å². The average molecular weight is 202 g/mol. The van der Waals surface area contributed by atoms with Gasteiger partial charge in [0, 0.05) is 18.7 Å². The first-order chi connectivity index (χ1) is 6.56. The molecule has 0 saturated heterocycles. The second-order valence-corrected chi connectivity index (χ2v) is 3.66. The molecule has 2 N–H and O–H groups in total. The molecule has 0 aromatic carbocycles. The van der Waals surface area contributed by atoms with Gasteiger partial charge in [-0.2, -0.15) is 0 Å². The number of rotatable bonds is 7. The van der Waals surface area contributed by atoms with Crippen LogP contribution in [0.25, 0.3) is 0 Å². The van der Waals surface area contributed by atoms with E-state index in [0.717, 1.165) is 0 Å². The van der Waals surface area contributed by atoms with E-state index in [1.165, 1.54) is 0 Å². The van der Waals surface area contributed by atoms with Gasteiger partial charge in [0.1, 0.15) is 0 Å². The van der Waals surface area contributed by atoms with Gasteiger partial charge in [-0.3, -0.25) is 4.79 Å². The van der Waals surface area contributed by atoms with Crippen molar-refractivity contribution >= 4 is 5.91 Å². The van der Waals surface area contributed by atoms with Crippen LogP contribution in [0.1, 0.15) is 27.7 Å². The van der Waals surface area contributed by atoms with Crippen molar-refractivity contribution in [1.82, 2.24) is 10.6 Å². The Bertz CT molecular complexity index is 160. The summed E-state index contributed by atoms with van der Waals surface area (Å²) in [6.45, 7) is 9.52. The van der Waals surface area contributed by atoms with Crippen molar-refractivity contribution in [2.24, 2.45) is 0 Å². The van der Waals surface area contributed by atoms with E-state index in [1.807, 2.05) is 27.7 Å². The Hall–Kier alpha value is -0.610. The summed E-state index contributed by atoms with van der Waals surface area (Å²) in [4.78, 5) is 11.3. The zero-order valence-electron chi connectivity index (χ0n) is 9.59. The second kappa shape index (κ2) is 7.76. The van der Waals surface area contributed by atoms with Crippen LogP contribution in [0.4, 0.5) is 0 Å². The Morgan fingerprint density at radius 3 is 2.50 bits per heavy atom. The molecule has 14 heavy (non-hydrogen) atoms. The fourth-order valence-electron chi connectivity index (χ4n) is 0.959. The molecule has 0 aliphatic carbocycles. The molecule has 0 aromatic heterocycles. The predicted octanol–water partition coefficient (Wildman–Crippen LogP) is 0.526. The minimum atomic E-state index is 0.0194. The van der Waals surface area contributed by atoms with Crippen molar-refractivity contribution in [3.63, 3.8) is 0 Å². The average Bonchev–Trinajstić information content (AvgIpc) is 2.11. The van der Waals surface area contributed by atoms with Gasteiger partial charge in [-0.15, -0.1) is 0 Å². The number of hydrogen-bond donors (Lipinski definition) is 2. The second-order valence-electron chi connectivity index (χ2n) is 3.66. The van der Waals surface area contributed by atoms with Crippen molar-refractivity contribution in [2.45, 2.75) is 39.8 Å². The van der Waals surface area contributed by atoms with Gasteiger partial charge in [-0.05, 0) is 13.8 Å². The van der Waals surface area contributed by atoms with Crippen molar-refractivity contribution < 1.29 is 9.53 Å². The number of ether oxygens (including phenoxy) is 1.